The first-order chi connectivity index (χ1) is 5.50. The second-order valence-electron chi connectivity index (χ2n) is 2.75. The monoisotopic (exact) mass is 271 g/mol. The Morgan fingerprint density at radius 2 is 1.85 bits per heavy atom. The van der Waals surface area contributed by atoms with E-state index in [1.54, 1.807) is 13.8 Å². The average molecular weight is 272 g/mol. The van der Waals surface area contributed by atoms with Crippen molar-refractivity contribution in [2.75, 3.05) is 0 Å². The zero-order valence-electron chi connectivity index (χ0n) is 9.30. The van der Waals surface area contributed by atoms with Gasteiger partial charge in [-0.1, -0.05) is 18.7 Å². The molecule has 1 heterocycles. The van der Waals surface area contributed by atoms with E-state index in [0.717, 1.165) is 9.88 Å². The molecule has 0 fully saturated rings. The summed E-state index contributed by atoms with van der Waals surface area (Å²) in [7, 11) is 0. The van der Waals surface area contributed by atoms with Gasteiger partial charge in [0.05, 0.1) is 0 Å². The Hall–Kier alpha value is 1.40. The van der Waals surface area contributed by atoms with Gasteiger partial charge in [-0.05, 0) is 25.8 Å². The number of aryl methyl sites for hydroxylation is 1. The molecule has 0 bridgehead atoms. The van der Waals surface area contributed by atoms with Crippen molar-refractivity contribution >= 4 is 11.3 Å². The molecule has 0 amide bonds. The van der Waals surface area contributed by atoms with Crippen molar-refractivity contribution in [2.24, 2.45) is 0 Å². The van der Waals surface area contributed by atoms with E-state index in [1.165, 1.54) is 11.3 Å². The first-order valence-corrected chi connectivity index (χ1v) is 4.90. The van der Waals surface area contributed by atoms with Gasteiger partial charge in [-0.3, -0.25) is 0 Å². The Morgan fingerprint density at radius 3 is 2.00 bits per heavy atom. The van der Waals surface area contributed by atoms with Crippen LogP contribution in [0.15, 0.2) is 0 Å². The third kappa shape index (κ3) is 6.47. The van der Waals surface area contributed by atoms with E-state index in [4.69, 9.17) is 0 Å². The van der Waals surface area contributed by atoms with Crippen LogP contribution in [0.1, 0.15) is 37.6 Å². The van der Waals surface area contributed by atoms with Crippen LogP contribution in [0.5, 0.6) is 0 Å². The van der Waals surface area contributed by atoms with Gasteiger partial charge in [0.1, 0.15) is 0 Å². The van der Waals surface area contributed by atoms with Crippen molar-refractivity contribution in [1.82, 2.24) is 4.98 Å². The van der Waals surface area contributed by atoms with Crippen LogP contribution < -0.4 is 58.2 Å². The van der Waals surface area contributed by atoms with Gasteiger partial charge in [-0.15, -0.1) is 6.20 Å². The van der Waals surface area contributed by atoms with Crippen molar-refractivity contribution in [2.45, 2.75) is 40.2 Å². The summed E-state index contributed by atoms with van der Waals surface area (Å²) in [4.78, 5) is 4.94. The molecule has 0 saturated heterocycles. The third-order valence-corrected chi connectivity index (χ3v) is 2.27. The Bertz CT molecular complexity index is 230. The molecule has 0 saturated carbocycles. The van der Waals surface area contributed by atoms with Crippen molar-refractivity contribution in [3.63, 3.8) is 0 Å². The van der Waals surface area contributed by atoms with E-state index in [2.05, 4.69) is 11.2 Å². The molecule has 1 aromatic rings. The number of aliphatic hydroxyl groups is 1. The Balaban J connectivity index is 0. The molecule has 0 radical (unpaired) electrons. The number of aromatic nitrogens is 1. The average Bonchev–Trinajstić information content (AvgIpc) is 2.39. The number of thiazole rings is 1. The van der Waals surface area contributed by atoms with E-state index < -0.39 is 5.60 Å². The zero-order valence-corrected chi connectivity index (χ0v) is 15.0. The van der Waals surface area contributed by atoms with E-state index in [9.17, 15) is 5.11 Å². The van der Waals surface area contributed by atoms with Crippen LogP contribution in [0, 0.1) is 13.1 Å². The molecule has 2 nitrogen and oxygen atoms in total. The van der Waals surface area contributed by atoms with Gasteiger partial charge in [0, 0.05) is 5.60 Å². The molecule has 0 atom stereocenters. The molecular weight excluding hydrogens is 256 g/mol. The largest absolute Gasteiger partial charge is 1.00 e. The number of hydrogen-bond donors (Lipinski definition) is 1. The quantitative estimate of drug-likeness (QED) is 0.700. The summed E-state index contributed by atoms with van der Waals surface area (Å²) in [5.41, 5.74) is -0.810. The van der Waals surface area contributed by atoms with E-state index in [-0.39, 0.29) is 58.2 Å². The van der Waals surface area contributed by atoms with Crippen LogP contribution in [0.4, 0.5) is 0 Å². The normalized spacial score (nSPS) is 9.69. The van der Waals surface area contributed by atoms with Gasteiger partial charge >= 0.3 is 58.2 Å². The molecule has 13 heavy (non-hydrogen) atoms. The predicted octanol–water partition coefficient (Wildman–Crippen LogP) is -0.491. The predicted molar refractivity (Wildman–Crippen MR) is 52.3 cm³/mol. The van der Waals surface area contributed by atoms with Gasteiger partial charge in [0.15, 0.2) is 0 Å². The second kappa shape index (κ2) is 7.66. The first kappa shape index (κ1) is 16.8. The van der Waals surface area contributed by atoms with Crippen LogP contribution in [-0.2, 0) is 5.60 Å². The summed E-state index contributed by atoms with van der Waals surface area (Å²) in [6.45, 7) is 9.37. The standard InChI is InChI=1S/C7H10NOS.C2H6.Rb/c1-5-4-8-6(10-5)7(2,3)9;1-2;/h9H,1-3H3;1-2H3;/q-1;;+1. The van der Waals surface area contributed by atoms with Gasteiger partial charge in [0.25, 0.3) is 0 Å². The van der Waals surface area contributed by atoms with Crippen molar-refractivity contribution in [3.8, 4) is 0 Å². The van der Waals surface area contributed by atoms with Crippen molar-refractivity contribution in [3.05, 3.63) is 16.1 Å². The number of hydrogen-bond acceptors (Lipinski definition) is 3. The molecular formula is C9H16NORbS. The van der Waals surface area contributed by atoms with Crippen LogP contribution in [-0.4, -0.2) is 10.1 Å². The Labute approximate surface area is 134 Å². The molecule has 4 heteroatoms. The number of nitrogens with zero attached hydrogens (tertiary/aromatic N) is 1. The minimum atomic E-state index is -0.810. The van der Waals surface area contributed by atoms with Gasteiger partial charge in [-0.25, -0.2) is 11.3 Å². The second-order valence-corrected chi connectivity index (χ2v) is 3.95. The van der Waals surface area contributed by atoms with Crippen LogP contribution in [0.3, 0.4) is 0 Å². The molecule has 0 aliphatic rings. The van der Waals surface area contributed by atoms with Crippen LogP contribution in [0.25, 0.3) is 0 Å². The third-order valence-electron chi connectivity index (χ3n) is 1.09. The van der Waals surface area contributed by atoms with E-state index in [1.807, 2.05) is 20.8 Å². The summed E-state index contributed by atoms with van der Waals surface area (Å²) in [6, 6.07) is 0. The fourth-order valence-corrected chi connectivity index (χ4v) is 1.30. The molecule has 0 aliphatic carbocycles. The summed E-state index contributed by atoms with van der Waals surface area (Å²) in [5, 5.41) is 10.2. The molecule has 0 aromatic carbocycles. The number of rotatable bonds is 1. The Kier molecular flexibility index (Phi) is 9.90. The molecule has 1 rings (SSSR count). The molecule has 70 valence electrons. The summed E-state index contributed by atoms with van der Waals surface area (Å²) in [5.74, 6) is 0. The van der Waals surface area contributed by atoms with Gasteiger partial charge < -0.3 is 10.1 Å². The SMILES string of the molecule is CC.Cc1[c-]nc(C(C)(C)O)s1.[Rb+]. The molecule has 1 N–H and O–H groups in total. The van der Waals surface area contributed by atoms with Gasteiger partial charge in [-0.2, -0.15) is 0 Å². The molecule has 0 spiro atoms. The fourth-order valence-electron chi connectivity index (χ4n) is 0.582. The maximum Gasteiger partial charge on any atom is 1.00 e. The summed E-state index contributed by atoms with van der Waals surface area (Å²) in [6.07, 6.45) is 2.78. The molecule has 0 aliphatic heterocycles. The van der Waals surface area contributed by atoms with Crippen LogP contribution >= 0.6 is 11.3 Å². The topological polar surface area (TPSA) is 33.1 Å². The maximum atomic E-state index is 9.43. The first-order valence-electron chi connectivity index (χ1n) is 4.08. The fraction of sp³-hybridized carbons (Fsp3) is 0.667. The van der Waals surface area contributed by atoms with Crippen molar-refractivity contribution < 1.29 is 63.3 Å². The minimum absolute atomic E-state index is 0. The van der Waals surface area contributed by atoms with Crippen LogP contribution in [0.2, 0.25) is 0 Å². The van der Waals surface area contributed by atoms with E-state index in [0.29, 0.717) is 0 Å². The maximum absolute atomic E-state index is 9.43. The summed E-state index contributed by atoms with van der Waals surface area (Å²) < 4.78 is 0. The molecule has 1 aromatic heterocycles. The molecule has 0 unspecified atom stereocenters. The zero-order chi connectivity index (χ0) is 9.78. The minimum Gasteiger partial charge on any atom is -0.443 e. The van der Waals surface area contributed by atoms with E-state index >= 15 is 0 Å². The summed E-state index contributed by atoms with van der Waals surface area (Å²) >= 11 is 1.48. The van der Waals surface area contributed by atoms with Crippen molar-refractivity contribution in [1.29, 1.82) is 0 Å². The van der Waals surface area contributed by atoms with Gasteiger partial charge in [0.2, 0.25) is 0 Å². The Morgan fingerprint density at radius 1 is 1.38 bits per heavy atom. The smallest absolute Gasteiger partial charge is 0.443 e.